The minimum absolute atomic E-state index is 0.198. The third-order valence-electron chi connectivity index (χ3n) is 3.55. The smallest absolute Gasteiger partial charge is 0.220 e. The molecule has 2 atom stereocenters. The number of amides is 1. The first-order valence-electron chi connectivity index (χ1n) is 6.43. The summed E-state index contributed by atoms with van der Waals surface area (Å²) in [5, 5.41) is 3.12. The minimum atomic E-state index is 0.198. The zero-order chi connectivity index (χ0) is 12.4. The average Bonchev–Trinajstić information content (AvgIpc) is 2.59. The fraction of sp³-hybridized carbons (Fsp3) is 0.533. The Morgan fingerprint density at radius 1 is 1.35 bits per heavy atom. The lowest BCUT2D eigenvalue weighted by Gasteiger charge is -2.22. The van der Waals surface area contributed by atoms with Crippen LogP contribution in [0.25, 0.3) is 0 Å². The fourth-order valence-corrected chi connectivity index (χ4v) is 2.77. The Morgan fingerprint density at radius 3 is 2.71 bits per heavy atom. The van der Waals surface area contributed by atoms with Gasteiger partial charge in [0.2, 0.25) is 5.91 Å². The molecule has 2 unspecified atom stereocenters. The third-order valence-corrected chi connectivity index (χ3v) is 3.55. The Labute approximate surface area is 103 Å². The number of benzene rings is 1. The van der Waals surface area contributed by atoms with Gasteiger partial charge in [0, 0.05) is 18.4 Å². The van der Waals surface area contributed by atoms with Gasteiger partial charge in [0.05, 0.1) is 0 Å². The van der Waals surface area contributed by atoms with Gasteiger partial charge in [-0.3, -0.25) is 4.79 Å². The normalized spacial score (nSPS) is 24.1. The third kappa shape index (κ3) is 2.68. The van der Waals surface area contributed by atoms with Crippen LogP contribution in [0.4, 0.5) is 0 Å². The van der Waals surface area contributed by atoms with E-state index in [0.717, 1.165) is 6.42 Å². The molecular formula is C15H21NO. The number of nitrogens with one attached hydrogen (secondary N) is 1. The van der Waals surface area contributed by atoms with Crippen LogP contribution in [0, 0.1) is 12.8 Å². The van der Waals surface area contributed by atoms with Crippen LogP contribution in [0.5, 0.6) is 0 Å². The van der Waals surface area contributed by atoms with Gasteiger partial charge in [-0.25, -0.2) is 0 Å². The molecule has 1 N–H and O–H groups in total. The molecule has 17 heavy (non-hydrogen) atoms. The quantitative estimate of drug-likeness (QED) is 0.851. The lowest BCUT2D eigenvalue weighted by atomic mass is 9.85. The highest BCUT2D eigenvalue weighted by molar-refractivity contribution is 5.80. The average molecular weight is 231 g/mol. The predicted octanol–water partition coefficient (Wildman–Crippen LogP) is 3.01. The first-order valence-corrected chi connectivity index (χ1v) is 6.43. The molecule has 0 radical (unpaired) electrons. The number of hydrogen-bond donors (Lipinski definition) is 1. The maximum absolute atomic E-state index is 11.6. The minimum Gasteiger partial charge on any atom is -0.353 e. The first-order chi connectivity index (χ1) is 8.08. The molecule has 2 rings (SSSR count). The van der Waals surface area contributed by atoms with E-state index >= 15 is 0 Å². The molecule has 0 spiro atoms. The van der Waals surface area contributed by atoms with Crippen molar-refractivity contribution in [1.82, 2.24) is 5.32 Å². The molecule has 1 aromatic carbocycles. The second-order valence-corrected chi connectivity index (χ2v) is 5.47. The summed E-state index contributed by atoms with van der Waals surface area (Å²) in [6.07, 6.45) is 1.70. The van der Waals surface area contributed by atoms with E-state index in [9.17, 15) is 4.79 Å². The Hall–Kier alpha value is -1.31. The van der Waals surface area contributed by atoms with Crippen LogP contribution in [-0.2, 0) is 4.79 Å². The lowest BCUT2D eigenvalue weighted by molar-refractivity contribution is -0.119. The van der Waals surface area contributed by atoms with E-state index in [1.165, 1.54) is 11.1 Å². The molecule has 1 heterocycles. The topological polar surface area (TPSA) is 29.1 Å². The van der Waals surface area contributed by atoms with E-state index in [4.69, 9.17) is 0 Å². The van der Waals surface area contributed by atoms with Crippen molar-refractivity contribution in [1.29, 1.82) is 0 Å². The summed E-state index contributed by atoms with van der Waals surface area (Å²) < 4.78 is 0. The summed E-state index contributed by atoms with van der Waals surface area (Å²) in [6, 6.07) is 8.72. The van der Waals surface area contributed by atoms with Gasteiger partial charge in [0.1, 0.15) is 0 Å². The van der Waals surface area contributed by atoms with Crippen molar-refractivity contribution in [3.8, 4) is 0 Å². The SMILES string of the molecule is Cc1ccccc1C1CC(=O)NC1CC(C)C. The lowest BCUT2D eigenvalue weighted by Crippen LogP contribution is -2.29. The van der Waals surface area contributed by atoms with Crippen LogP contribution in [0.1, 0.15) is 43.7 Å². The molecular weight excluding hydrogens is 210 g/mol. The van der Waals surface area contributed by atoms with Crippen LogP contribution < -0.4 is 5.32 Å². The van der Waals surface area contributed by atoms with Crippen molar-refractivity contribution in [2.75, 3.05) is 0 Å². The summed E-state index contributed by atoms with van der Waals surface area (Å²) >= 11 is 0. The van der Waals surface area contributed by atoms with Crippen molar-refractivity contribution in [3.05, 3.63) is 35.4 Å². The monoisotopic (exact) mass is 231 g/mol. The van der Waals surface area contributed by atoms with Crippen LogP contribution in [0.2, 0.25) is 0 Å². The first kappa shape index (κ1) is 12.2. The van der Waals surface area contributed by atoms with Gasteiger partial charge in [-0.2, -0.15) is 0 Å². The molecule has 1 amide bonds. The van der Waals surface area contributed by atoms with Crippen molar-refractivity contribution < 1.29 is 4.79 Å². The largest absolute Gasteiger partial charge is 0.353 e. The molecule has 2 heteroatoms. The van der Waals surface area contributed by atoms with E-state index in [2.05, 4.69) is 50.4 Å². The summed E-state index contributed by atoms with van der Waals surface area (Å²) in [4.78, 5) is 11.6. The fourth-order valence-electron chi connectivity index (χ4n) is 2.77. The molecule has 0 bridgehead atoms. The van der Waals surface area contributed by atoms with Crippen molar-refractivity contribution in [2.24, 2.45) is 5.92 Å². The van der Waals surface area contributed by atoms with Gasteiger partial charge in [-0.05, 0) is 30.4 Å². The molecule has 0 aromatic heterocycles. The highest BCUT2D eigenvalue weighted by Crippen LogP contribution is 2.33. The van der Waals surface area contributed by atoms with Gasteiger partial charge in [-0.1, -0.05) is 38.1 Å². The highest BCUT2D eigenvalue weighted by atomic mass is 16.2. The molecule has 1 saturated heterocycles. The van der Waals surface area contributed by atoms with Crippen LogP contribution in [0.3, 0.4) is 0 Å². The van der Waals surface area contributed by atoms with Gasteiger partial charge in [0.15, 0.2) is 0 Å². The second kappa shape index (κ2) is 4.91. The van der Waals surface area contributed by atoms with Gasteiger partial charge >= 0.3 is 0 Å². The van der Waals surface area contributed by atoms with Crippen LogP contribution in [-0.4, -0.2) is 11.9 Å². The Bertz CT molecular complexity index is 411. The van der Waals surface area contributed by atoms with Gasteiger partial charge < -0.3 is 5.32 Å². The highest BCUT2D eigenvalue weighted by Gasteiger charge is 2.34. The zero-order valence-corrected chi connectivity index (χ0v) is 10.9. The van der Waals surface area contributed by atoms with E-state index in [1.54, 1.807) is 0 Å². The zero-order valence-electron chi connectivity index (χ0n) is 10.9. The number of hydrogen-bond acceptors (Lipinski definition) is 1. The summed E-state index contributed by atoms with van der Waals surface area (Å²) in [5.41, 5.74) is 2.62. The van der Waals surface area contributed by atoms with Crippen LogP contribution in [0.15, 0.2) is 24.3 Å². The van der Waals surface area contributed by atoms with E-state index < -0.39 is 0 Å². The van der Waals surface area contributed by atoms with Crippen molar-refractivity contribution in [3.63, 3.8) is 0 Å². The summed E-state index contributed by atoms with van der Waals surface area (Å²) in [6.45, 7) is 6.54. The standard InChI is InChI=1S/C15H21NO/c1-10(2)8-14-13(9-15(17)16-14)12-7-5-4-6-11(12)3/h4-7,10,13-14H,8-9H2,1-3H3,(H,16,17). The summed E-state index contributed by atoms with van der Waals surface area (Å²) in [5.74, 6) is 1.17. The maximum Gasteiger partial charge on any atom is 0.220 e. The number of carbonyl (C=O) groups is 1. The second-order valence-electron chi connectivity index (χ2n) is 5.47. The van der Waals surface area contributed by atoms with Gasteiger partial charge in [0.25, 0.3) is 0 Å². The Morgan fingerprint density at radius 2 is 2.06 bits per heavy atom. The van der Waals surface area contributed by atoms with E-state index in [1.807, 2.05) is 0 Å². The molecule has 2 nitrogen and oxygen atoms in total. The number of aryl methyl sites for hydroxylation is 1. The number of rotatable bonds is 3. The molecule has 1 aromatic rings. The molecule has 92 valence electrons. The number of carbonyl (C=O) groups excluding carboxylic acids is 1. The van der Waals surface area contributed by atoms with Crippen LogP contribution >= 0.6 is 0 Å². The van der Waals surface area contributed by atoms with Crippen molar-refractivity contribution in [2.45, 2.75) is 45.6 Å². The predicted molar refractivity (Wildman–Crippen MR) is 69.9 cm³/mol. The van der Waals surface area contributed by atoms with Gasteiger partial charge in [-0.15, -0.1) is 0 Å². The molecule has 0 aliphatic carbocycles. The molecule has 1 aliphatic rings. The molecule has 1 aliphatic heterocycles. The van der Waals surface area contributed by atoms with E-state index in [-0.39, 0.29) is 5.91 Å². The maximum atomic E-state index is 11.6. The molecule has 1 fully saturated rings. The Kier molecular flexibility index (Phi) is 3.51. The summed E-state index contributed by atoms with van der Waals surface area (Å²) in [7, 11) is 0. The molecule has 0 saturated carbocycles. The van der Waals surface area contributed by atoms with Crippen molar-refractivity contribution >= 4 is 5.91 Å². The van der Waals surface area contributed by atoms with E-state index in [0.29, 0.717) is 24.3 Å². The Balaban J connectivity index is 2.24.